The lowest BCUT2D eigenvalue weighted by atomic mass is 9.69. The smallest absolute Gasteiger partial charge is 0.355 e. The van der Waals surface area contributed by atoms with E-state index in [0.717, 1.165) is 28.7 Å². The first kappa shape index (κ1) is 29.7. The highest BCUT2D eigenvalue weighted by molar-refractivity contribution is 5.95. The number of aromatic nitrogens is 2. The fourth-order valence-electron chi connectivity index (χ4n) is 6.52. The number of carbonyl (C=O) groups is 3. The molecule has 0 radical (unpaired) electrons. The van der Waals surface area contributed by atoms with Crippen LogP contribution >= 0.6 is 0 Å². The van der Waals surface area contributed by atoms with E-state index in [1.807, 2.05) is 24.3 Å². The van der Waals surface area contributed by atoms with Gasteiger partial charge in [-0.2, -0.15) is 15.0 Å². The van der Waals surface area contributed by atoms with Crippen molar-refractivity contribution in [3.8, 4) is 6.07 Å². The molecule has 43 heavy (non-hydrogen) atoms. The van der Waals surface area contributed by atoms with Gasteiger partial charge in [-0.3, -0.25) is 14.4 Å². The topological polar surface area (TPSA) is 162 Å². The first-order valence-corrected chi connectivity index (χ1v) is 14.4. The Morgan fingerprint density at radius 1 is 1.05 bits per heavy atom. The van der Waals surface area contributed by atoms with E-state index in [0.29, 0.717) is 55.7 Å². The summed E-state index contributed by atoms with van der Waals surface area (Å²) in [5.74, 6) is -0.946. The van der Waals surface area contributed by atoms with Crippen LogP contribution in [0.4, 0.5) is 0 Å². The minimum atomic E-state index is -1.02. The Morgan fingerprint density at radius 3 is 2.16 bits per heavy atom. The molecule has 1 aliphatic carbocycles. The third-order valence-corrected chi connectivity index (χ3v) is 8.54. The number of benzene rings is 2. The van der Waals surface area contributed by atoms with Crippen LogP contribution in [-0.2, 0) is 30.1 Å². The number of carbonyl (C=O) groups excluding carboxylic acids is 3. The second-order valence-corrected chi connectivity index (χ2v) is 10.9. The third-order valence-electron chi connectivity index (χ3n) is 8.54. The lowest BCUT2D eigenvalue weighted by Crippen LogP contribution is -2.42. The molecule has 1 saturated heterocycles. The molecule has 2 aromatic carbocycles. The van der Waals surface area contributed by atoms with Gasteiger partial charge in [-0.1, -0.05) is 12.1 Å². The average Bonchev–Trinajstić information content (AvgIpc) is 3.61. The van der Waals surface area contributed by atoms with Gasteiger partial charge in [-0.25, -0.2) is 4.79 Å². The van der Waals surface area contributed by atoms with Gasteiger partial charge in [0.2, 0.25) is 5.91 Å². The Balaban J connectivity index is 1.62. The summed E-state index contributed by atoms with van der Waals surface area (Å²) in [4.78, 5) is 56.6. The molecule has 1 aliphatic heterocycles. The second kappa shape index (κ2) is 12.2. The van der Waals surface area contributed by atoms with E-state index < -0.39 is 17.2 Å². The lowest BCUT2D eigenvalue weighted by Gasteiger charge is -2.35. The van der Waals surface area contributed by atoms with Crippen molar-refractivity contribution < 1.29 is 18.9 Å². The van der Waals surface area contributed by atoms with Gasteiger partial charge in [-0.05, 0) is 85.2 Å². The number of aryl methyl sites for hydroxylation is 3. The molecule has 3 amide bonds. The summed E-state index contributed by atoms with van der Waals surface area (Å²) in [6.45, 7) is 0.966. The summed E-state index contributed by atoms with van der Waals surface area (Å²) in [5, 5.41) is 18.0. The van der Waals surface area contributed by atoms with E-state index in [-0.39, 0.29) is 24.3 Å². The molecule has 1 aromatic heterocycles. The molecule has 3 N–H and O–H groups in total. The maximum absolute atomic E-state index is 12.9. The fraction of sp³-hybridized carbons (Fsp3) is 0.419. The number of rotatable bonds is 8. The SMILES string of the molecule is CNC(=O)c1ccc2c(c1)CCc1cc(C(=O)NC)ccc1C2(CCNCC(=O)N1CCC[C@H]1C#N)c1nc(=O)on1C. The van der Waals surface area contributed by atoms with Gasteiger partial charge in [-0.15, -0.1) is 0 Å². The summed E-state index contributed by atoms with van der Waals surface area (Å²) >= 11 is 0. The summed E-state index contributed by atoms with van der Waals surface area (Å²) in [5.41, 5.74) is 3.49. The van der Waals surface area contributed by atoms with E-state index in [1.165, 1.54) is 4.74 Å². The van der Waals surface area contributed by atoms with Crippen LogP contribution in [0.25, 0.3) is 0 Å². The van der Waals surface area contributed by atoms with Crippen molar-refractivity contribution >= 4 is 17.7 Å². The van der Waals surface area contributed by atoms with E-state index >= 15 is 0 Å². The monoisotopic (exact) mass is 585 g/mol. The number of amides is 3. The Hall–Kier alpha value is -4.76. The summed E-state index contributed by atoms with van der Waals surface area (Å²) in [6, 6.07) is 12.8. The molecular formula is C31H35N7O5. The average molecular weight is 586 g/mol. The van der Waals surface area contributed by atoms with Gasteiger partial charge in [0.25, 0.3) is 11.8 Å². The number of fused-ring (bicyclic) bond motifs is 2. The minimum Gasteiger partial charge on any atom is -0.355 e. The number of nitrogens with one attached hydrogen (secondary N) is 3. The molecule has 1 atom stereocenters. The highest BCUT2D eigenvalue weighted by atomic mass is 16.5. The number of likely N-dealkylation sites (tertiary alicyclic amines) is 1. The van der Waals surface area contributed by atoms with Crippen LogP contribution in [0.1, 0.15) is 68.1 Å². The van der Waals surface area contributed by atoms with Crippen molar-refractivity contribution in [3.63, 3.8) is 0 Å². The molecule has 0 unspecified atom stereocenters. The van der Waals surface area contributed by atoms with Crippen molar-refractivity contribution in [2.75, 3.05) is 33.7 Å². The van der Waals surface area contributed by atoms with Crippen molar-refractivity contribution in [2.24, 2.45) is 7.05 Å². The van der Waals surface area contributed by atoms with Crippen molar-refractivity contribution in [1.82, 2.24) is 30.6 Å². The third kappa shape index (κ3) is 5.44. The fourth-order valence-corrected chi connectivity index (χ4v) is 6.52. The molecule has 224 valence electrons. The molecule has 5 rings (SSSR count). The standard InChI is InChI=1S/C31H35N7O5/c1-33-27(40)21-8-10-24-19(15-21)6-7-20-16-22(28(41)34-2)9-11-25(20)31(24,29-36-30(42)43-37(29)3)12-13-35-18-26(39)38-14-4-5-23(38)17-32/h8-11,15-16,23,35H,4-7,12-14,18H2,1-3H3,(H,33,40)(H,34,41)/t23-/m0/s1. The van der Waals surface area contributed by atoms with E-state index in [1.54, 1.807) is 38.2 Å². The summed E-state index contributed by atoms with van der Waals surface area (Å²) in [7, 11) is 4.78. The molecule has 1 fully saturated rings. The molecule has 3 aromatic rings. The quantitative estimate of drug-likeness (QED) is 0.330. The normalized spacial score (nSPS) is 16.9. The van der Waals surface area contributed by atoms with Crippen LogP contribution in [0, 0.1) is 11.3 Å². The van der Waals surface area contributed by atoms with Crippen LogP contribution in [0.5, 0.6) is 0 Å². The highest BCUT2D eigenvalue weighted by Gasteiger charge is 2.45. The number of hydrogen-bond acceptors (Lipinski definition) is 8. The van der Waals surface area contributed by atoms with Gasteiger partial charge in [0.05, 0.1) is 18.0 Å². The second-order valence-electron chi connectivity index (χ2n) is 10.9. The van der Waals surface area contributed by atoms with Crippen molar-refractivity contribution in [3.05, 3.63) is 86.2 Å². The van der Waals surface area contributed by atoms with E-state index in [2.05, 4.69) is 27.0 Å². The van der Waals surface area contributed by atoms with Crippen LogP contribution in [0.3, 0.4) is 0 Å². The van der Waals surface area contributed by atoms with Gasteiger partial charge in [0.15, 0.2) is 5.82 Å². The zero-order chi connectivity index (χ0) is 30.7. The van der Waals surface area contributed by atoms with Crippen molar-refractivity contribution in [2.45, 2.75) is 43.6 Å². The zero-order valence-corrected chi connectivity index (χ0v) is 24.5. The highest BCUT2D eigenvalue weighted by Crippen LogP contribution is 2.46. The number of nitrogens with zero attached hydrogens (tertiary/aromatic N) is 4. The van der Waals surface area contributed by atoms with Gasteiger partial charge < -0.3 is 25.4 Å². The molecule has 2 aliphatic rings. The maximum atomic E-state index is 12.9. The Morgan fingerprint density at radius 2 is 1.65 bits per heavy atom. The Bertz CT molecular complexity index is 1600. The summed E-state index contributed by atoms with van der Waals surface area (Å²) < 4.78 is 6.74. The van der Waals surface area contributed by atoms with Crippen LogP contribution in [0.2, 0.25) is 0 Å². The first-order valence-electron chi connectivity index (χ1n) is 14.4. The van der Waals surface area contributed by atoms with Gasteiger partial charge in [0.1, 0.15) is 6.04 Å². The Labute approximate surface area is 249 Å². The van der Waals surface area contributed by atoms with Gasteiger partial charge in [0, 0.05) is 38.8 Å². The van der Waals surface area contributed by atoms with E-state index in [9.17, 15) is 24.4 Å². The maximum Gasteiger partial charge on any atom is 0.459 e. The predicted octanol–water partition coefficient (Wildman–Crippen LogP) is 1.02. The lowest BCUT2D eigenvalue weighted by molar-refractivity contribution is -0.130. The van der Waals surface area contributed by atoms with Crippen LogP contribution in [-0.4, -0.2) is 72.1 Å². The first-order chi connectivity index (χ1) is 20.7. The molecule has 2 heterocycles. The van der Waals surface area contributed by atoms with E-state index in [4.69, 9.17) is 4.52 Å². The number of nitriles is 1. The minimum absolute atomic E-state index is 0.0525. The van der Waals surface area contributed by atoms with Crippen LogP contribution < -0.4 is 21.7 Å². The zero-order valence-electron chi connectivity index (χ0n) is 24.5. The molecule has 12 heteroatoms. The molecule has 0 saturated carbocycles. The predicted molar refractivity (Wildman–Crippen MR) is 157 cm³/mol. The molecular weight excluding hydrogens is 550 g/mol. The molecule has 0 spiro atoms. The summed E-state index contributed by atoms with van der Waals surface area (Å²) in [6.07, 6.45) is 3.01. The number of hydrogen-bond donors (Lipinski definition) is 3. The Kier molecular flexibility index (Phi) is 8.45. The van der Waals surface area contributed by atoms with Crippen LogP contribution in [0.15, 0.2) is 45.7 Å². The molecule has 12 nitrogen and oxygen atoms in total. The van der Waals surface area contributed by atoms with Gasteiger partial charge >= 0.3 is 5.76 Å². The van der Waals surface area contributed by atoms with Crippen molar-refractivity contribution in [1.29, 1.82) is 5.26 Å². The molecule has 0 bridgehead atoms. The largest absolute Gasteiger partial charge is 0.459 e.